The van der Waals surface area contributed by atoms with Gasteiger partial charge in [-0.1, -0.05) is 24.3 Å². The van der Waals surface area contributed by atoms with Crippen LogP contribution in [0.1, 0.15) is 16.7 Å². The van der Waals surface area contributed by atoms with Gasteiger partial charge in [-0.15, -0.1) is 0 Å². The lowest BCUT2D eigenvalue weighted by Gasteiger charge is -2.21. The first kappa shape index (κ1) is 13.1. The average Bonchev–Trinajstić information content (AvgIpc) is 2.87. The Kier molecular flexibility index (Phi) is 3.45. The fourth-order valence-corrected chi connectivity index (χ4v) is 2.87. The maximum absolute atomic E-state index is 5.56. The third-order valence-electron chi connectivity index (χ3n) is 3.89. The number of thiocarbonyl (C=S) groups is 1. The van der Waals surface area contributed by atoms with E-state index in [9.17, 15) is 0 Å². The van der Waals surface area contributed by atoms with Crippen molar-refractivity contribution < 1.29 is 0 Å². The molecule has 2 aromatic rings. The molecule has 20 heavy (non-hydrogen) atoms. The van der Waals surface area contributed by atoms with E-state index >= 15 is 0 Å². The van der Waals surface area contributed by atoms with Crippen molar-refractivity contribution >= 4 is 28.7 Å². The molecule has 0 aliphatic carbocycles. The molecule has 1 heterocycles. The van der Waals surface area contributed by atoms with Gasteiger partial charge in [0.05, 0.1) is 0 Å². The molecule has 2 nitrogen and oxygen atoms in total. The van der Waals surface area contributed by atoms with E-state index in [1.807, 2.05) is 0 Å². The molecule has 1 aliphatic rings. The van der Waals surface area contributed by atoms with Crippen molar-refractivity contribution in [3.8, 4) is 0 Å². The van der Waals surface area contributed by atoms with E-state index in [1.165, 1.54) is 22.4 Å². The van der Waals surface area contributed by atoms with Crippen LogP contribution >= 0.6 is 12.2 Å². The first-order valence-corrected chi connectivity index (χ1v) is 7.29. The molecular weight excluding hydrogens is 264 g/mol. The summed E-state index contributed by atoms with van der Waals surface area (Å²) in [5.41, 5.74) is 6.24. The molecule has 0 unspecified atom stereocenters. The quantitative estimate of drug-likeness (QED) is 0.794. The van der Waals surface area contributed by atoms with Crippen LogP contribution in [0.2, 0.25) is 0 Å². The molecule has 0 fully saturated rings. The zero-order valence-electron chi connectivity index (χ0n) is 11.8. The number of fused-ring (bicyclic) bond motifs is 1. The summed E-state index contributed by atoms with van der Waals surface area (Å²) < 4.78 is 0. The van der Waals surface area contributed by atoms with Crippen molar-refractivity contribution in [1.29, 1.82) is 0 Å². The van der Waals surface area contributed by atoms with Crippen molar-refractivity contribution in [2.45, 2.75) is 20.3 Å². The van der Waals surface area contributed by atoms with Gasteiger partial charge in [0.2, 0.25) is 0 Å². The van der Waals surface area contributed by atoms with Crippen LogP contribution in [0.3, 0.4) is 0 Å². The fourth-order valence-electron chi connectivity index (χ4n) is 2.56. The summed E-state index contributed by atoms with van der Waals surface area (Å²) in [7, 11) is 0. The van der Waals surface area contributed by atoms with Gasteiger partial charge >= 0.3 is 0 Å². The highest BCUT2D eigenvalue weighted by Crippen LogP contribution is 2.28. The molecule has 1 N–H and O–H groups in total. The smallest absolute Gasteiger partial charge is 0.177 e. The van der Waals surface area contributed by atoms with Gasteiger partial charge in [0.25, 0.3) is 0 Å². The molecule has 0 saturated carbocycles. The Labute approximate surface area is 125 Å². The average molecular weight is 282 g/mol. The normalized spacial score (nSPS) is 13.2. The first-order chi connectivity index (χ1) is 9.65. The first-order valence-electron chi connectivity index (χ1n) is 6.89. The van der Waals surface area contributed by atoms with Crippen LogP contribution in [0, 0.1) is 13.8 Å². The summed E-state index contributed by atoms with van der Waals surface area (Å²) in [5, 5.41) is 4.13. The molecule has 3 heteroatoms. The molecule has 0 spiro atoms. The molecule has 2 aromatic carbocycles. The summed E-state index contributed by atoms with van der Waals surface area (Å²) in [6.07, 6.45) is 1.06. The minimum absolute atomic E-state index is 0.776. The summed E-state index contributed by atoms with van der Waals surface area (Å²) in [6.45, 7) is 5.19. The number of para-hydroxylation sites is 1. The number of nitrogens with zero attached hydrogens (tertiary/aromatic N) is 1. The number of hydrogen-bond acceptors (Lipinski definition) is 1. The van der Waals surface area contributed by atoms with Gasteiger partial charge in [-0.25, -0.2) is 0 Å². The highest BCUT2D eigenvalue weighted by molar-refractivity contribution is 7.80. The molecule has 0 radical (unpaired) electrons. The van der Waals surface area contributed by atoms with Gasteiger partial charge in [0, 0.05) is 17.9 Å². The van der Waals surface area contributed by atoms with E-state index in [1.54, 1.807) is 0 Å². The lowest BCUT2D eigenvalue weighted by Crippen LogP contribution is -2.33. The zero-order chi connectivity index (χ0) is 14.1. The van der Waals surface area contributed by atoms with Crippen LogP contribution in [0.15, 0.2) is 42.5 Å². The minimum atomic E-state index is 0.776. The third-order valence-corrected chi connectivity index (χ3v) is 4.21. The van der Waals surface area contributed by atoms with E-state index in [4.69, 9.17) is 12.2 Å². The lowest BCUT2D eigenvalue weighted by molar-refractivity contribution is 1.03. The Morgan fingerprint density at radius 1 is 1.10 bits per heavy atom. The predicted molar refractivity (Wildman–Crippen MR) is 89.6 cm³/mol. The zero-order valence-corrected chi connectivity index (χ0v) is 12.6. The second-order valence-corrected chi connectivity index (χ2v) is 5.65. The molecule has 0 aromatic heterocycles. The van der Waals surface area contributed by atoms with Crippen LogP contribution in [-0.4, -0.2) is 11.7 Å². The van der Waals surface area contributed by atoms with Gasteiger partial charge in [0.15, 0.2) is 5.11 Å². The Morgan fingerprint density at radius 2 is 1.90 bits per heavy atom. The van der Waals surface area contributed by atoms with Gasteiger partial charge in [-0.3, -0.25) is 0 Å². The summed E-state index contributed by atoms with van der Waals surface area (Å²) >= 11 is 5.56. The molecule has 0 atom stereocenters. The van der Waals surface area contributed by atoms with Crippen molar-refractivity contribution in [2.24, 2.45) is 0 Å². The van der Waals surface area contributed by atoms with Gasteiger partial charge in [-0.05, 0) is 67.4 Å². The second kappa shape index (κ2) is 5.25. The number of benzene rings is 2. The molecule has 3 rings (SSSR count). The van der Waals surface area contributed by atoms with Crippen LogP contribution in [0.5, 0.6) is 0 Å². The van der Waals surface area contributed by atoms with Gasteiger partial charge in [0.1, 0.15) is 0 Å². The Morgan fingerprint density at radius 3 is 2.70 bits per heavy atom. The van der Waals surface area contributed by atoms with E-state index in [-0.39, 0.29) is 0 Å². The number of rotatable bonds is 1. The van der Waals surface area contributed by atoms with Crippen molar-refractivity contribution in [3.63, 3.8) is 0 Å². The van der Waals surface area contributed by atoms with Crippen LogP contribution in [-0.2, 0) is 6.42 Å². The van der Waals surface area contributed by atoms with Crippen molar-refractivity contribution in [2.75, 3.05) is 16.8 Å². The Bertz CT molecular complexity index is 664. The number of hydrogen-bond donors (Lipinski definition) is 1. The van der Waals surface area contributed by atoms with Crippen molar-refractivity contribution in [1.82, 2.24) is 0 Å². The standard InChI is InChI=1S/C17H18N2S/c1-12-7-8-15(11-13(12)2)18-17(20)19-10-9-14-5-3-4-6-16(14)19/h3-8,11H,9-10H2,1-2H3,(H,18,20). The minimum Gasteiger partial charge on any atom is -0.332 e. The molecule has 0 saturated heterocycles. The Hall–Kier alpha value is -1.87. The largest absolute Gasteiger partial charge is 0.332 e. The van der Waals surface area contributed by atoms with E-state index in [2.05, 4.69) is 66.5 Å². The van der Waals surface area contributed by atoms with E-state index in [0.717, 1.165) is 23.8 Å². The summed E-state index contributed by atoms with van der Waals surface area (Å²) in [4.78, 5) is 2.18. The number of aryl methyl sites for hydroxylation is 2. The molecular formula is C17H18N2S. The highest BCUT2D eigenvalue weighted by Gasteiger charge is 2.21. The third kappa shape index (κ3) is 2.41. The fraction of sp³-hybridized carbons (Fsp3) is 0.235. The van der Waals surface area contributed by atoms with E-state index in [0.29, 0.717) is 0 Å². The second-order valence-electron chi connectivity index (χ2n) is 5.26. The SMILES string of the molecule is Cc1ccc(NC(=S)N2CCc3ccccc32)cc1C. The van der Waals surface area contributed by atoms with Crippen LogP contribution in [0.25, 0.3) is 0 Å². The van der Waals surface area contributed by atoms with E-state index < -0.39 is 0 Å². The van der Waals surface area contributed by atoms with Crippen LogP contribution in [0.4, 0.5) is 11.4 Å². The highest BCUT2D eigenvalue weighted by atomic mass is 32.1. The Balaban J connectivity index is 1.79. The summed E-state index contributed by atoms with van der Waals surface area (Å²) in [5.74, 6) is 0. The molecule has 0 amide bonds. The number of nitrogens with one attached hydrogen (secondary N) is 1. The topological polar surface area (TPSA) is 15.3 Å². The molecule has 1 aliphatic heterocycles. The maximum atomic E-state index is 5.56. The summed E-state index contributed by atoms with van der Waals surface area (Å²) in [6, 6.07) is 14.8. The van der Waals surface area contributed by atoms with Crippen LogP contribution < -0.4 is 10.2 Å². The predicted octanol–water partition coefficient (Wildman–Crippen LogP) is 4.06. The monoisotopic (exact) mass is 282 g/mol. The maximum Gasteiger partial charge on any atom is 0.177 e. The van der Waals surface area contributed by atoms with Crippen molar-refractivity contribution in [3.05, 3.63) is 59.2 Å². The lowest BCUT2D eigenvalue weighted by atomic mass is 10.1. The van der Waals surface area contributed by atoms with Gasteiger partial charge in [-0.2, -0.15) is 0 Å². The molecule has 0 bridgehead atoms. The number of anilines is 2. The van der Waals surface area contributed by atoms with Gasteiger partial charge < -0.3 is 10.2 Å². The molecule has 102 valence electrons.